The molecular formula is C19H34IN5OS. The van der Waals surface area contributed by atoms with Gasteiger partial charge >= 0.3 is 0 Å². The van der Waals surface area contributed by atoms with Gasteiger partial charge in [-0.2, -0.15) is 0 Å². The molecule has 0 radical (unpaired) electrons. The van der Waals surface area contributed by atoms with Crippen LogP contribution in [0.1, 0.15) is 63.1 Å². The molecule has 1 heterocycles. The second-order valence-corrected chi connectivity index (χ2v) is 8.58. The highest BCUT2D eigenvalue weighted by atomic mass is 127. The number of guanidine groups is 1. The standard InChI is InChI=1S/C19H33N5OS.HI/c1-13(2)16-12-26-17(22-16)10-20-19(21-11-18(25)24(4)5)23-15-9-7-6-8-14(15)3;/h12-15H,6-11H2,1-5H3,(H2,20,21,23);1H. The molecule has 2 rings (SSSR count). The topological polar surface area (TPSA) is 69.6 Å². The van der Waals surface area contributed by atoms with Crippen LogP contribution in [0.2, 0.25) is 0 Å². The highest BCUT2D eigenvalue weighted by Gasteiger charge is 2.22. The summed E-state index contributed by atoms with van der Waals surface area (Å²) in [5.74, 6) is 1.76. The van der Waals surface area contributed by atoms with Crippen LogP contribution in [-0.2, 0) is 11.3 Å². The molecule has 1 aliphatic carbocycles. The highest BCUT2D eigenvalue weighted by Crippen LogP contribution is 2.23. The first kappa shape index (κ1) is 24.1. The van der Waals surface area contributed by atoms with E-state index in [0.29, 0.717) is 30.4 Å². The van der Waals surface area contributed by atoms with Crippen molar-refractivity contribution in [2.24, 2.45) is 10.9 Å². The minimum Gasteiger partial charge on any atom is -0.353 e. The molecule has 154 valence electrons. The lowest BCUT2D eigenvalue weighted by molar-refractivity contribution is -0.127. The van der Waals surface area contributed by atoms with Crippen LogP contribution in [0.15, 0.2) is 10.4 Å². The van der Waals surface area contributed by atoms with E-state index in [4.69, 9.17) is 0 Å². The van der Waals surface area contributed by atoms with Gasteiger partial charge in [0, 0.05) is 25.5 Å². The summed E-state index contributed by atoms with van der Waals surface area (Å²) in [6, 6.07) is 0.409. The average Bonchev–Trinajstić information content (AvgIpc) is 3.08. The summed E-state index contributed by atoms with van der Waals surface area (Å²) in [4.78, 5) is 22.7. The van der Waals surface area contributed by atoms with Crippen molar-refractivity contribution in [1.82, 2.24) is 20.5 Å². The number of rotatable bonds is 6. The first-order valence-corrected chi connectivity index (χ1v) is 10.4. The number of nitrogens with one attached hydrogen (secondary N) is 2. The summed E-state index contributed by atoms with van der Waals surface area (Å²) in [5, 5.41) is 10.1. The number of hydrogen-bond acceptors (Lipinski definition) is 4. The van der Waals surface area contributed by atoms with Crippen molar-refractivity contribution in [2.45, 2.75) is 65.0 Å². The van der Waals surface area contributed by atoms with E-state index >= 15 is 0 Å². The van der Waals surface area contributed by atoms with Gasteiger partial charge < -0.3 is 15.5 Å². The van der Waals surface area contributed by atoms with Gasteiger partial charge in [0.15, 0.2) is 5.96 Å². The van der Waals surface area contributed by atoms with Gasteiger partial charge in [0.2, 0.25) is 5.91 Å². The van der Waals surface area contributed by atoms with Gasteiger partial charge in [-0.05, 0) is 24.7 Å². The second kappa shape index (κ2) is 11.8. The van der Waals surface area contributed by atoms with Gasteiger partial charge in [-0.15, -0.1) is 35.3 Å². The van der Waals surface area contributed by atoms with E-state index in [-0.39, 0.29) is 36.4 Å². The highest BCUT2D eigenvalue weighted by molar-refractivity contribution is 14.0. The zero-order valence-electron chi connectivity index (χ0n) is 17.1. The zero-order chi connectivity index (χ0) is 19.1. The Morgan fingerprint density at radius 3 is 2.67 bits per heavy atom. The van der Waals surface area contributed by atoms with Gasteiger partial charge in [0.1, 0.15) is 11.6 Å². The Bertz CT molecular complexity index is 617. The summed E-state index contributed by atoms with van der Waals surface area (Å²) in [6.07, 6.45) is 4.94. The van der Waals surface area contributed by atoms with Crippen molar-refractivity contribution in [3.05, 3.63) is 16.1 Å². The van der Waals surface area contributed by atoms with E-state index in [2.05, 4.69) is 46.8 Å². The van der Waals surface area contributed by atoms with Crippen LogP contribution in [0, 0.1) is 5.92 Å². The van der Waals surface area contributed by atoms with Crippen LogP contribution in [0.5, 0.6) is 0 Å². The Labute approximate surface area is 184 Å². The summed E-state index contributed by atoms with van der Waals surface area (Å²) < 4.78 is 0. The number of thiazole rings is 1. The normalized spacial score (nSPS) is 20.1. The quantitative estimate of drug-likeness (QED) is 0.351. The molecule has 1 fully saturated rings. The van der Waals surface area contributed by atoms with E-state index in [1.807, 2.05) is 0 Å². The minimum absolute atomic E-state index is 0. The van der Waals surface area contributed by atoms with Gasteiger partial charge in [0.05, 0.1) is 12.2 Å². The van der Waals surface area contributed by atoms with Crippen molar-refractivity contribution >= 4 is 47.2 Å². The van der Waals surface area contributed by atoms with Gasteiger partial charge in [-0.3, -0.25) is 4.79 Å². The lowest BCUT2D eigenvalue weighted by Crippen LogP contribution is -2.47. The van der Waals surface area contributed by atoms with Crippen LogP contribution in [0.3, 0.4) is 0 Å². The van der Waals surface area contributed by atoms with E-state index in [0.717, 1.165) is 17.1 Å². The number of nitrogens with zero attached hydrogens (tertiary/aromatic N) is 3. The molecule has 0 saturated heterocycles. The van der Waals surface area contributed by atoms with Crippen LogP contribution in [0.25, 0.3) is 0 Å². The predicted molar refractivity (Wildman–Crippen MR) is 124 cm³/mol. The fourth-order valence-corrected chi connectivity index (χ4v) is 3.87. The van der Waals surface area contributed by atoms with E-state index in [1.54, 1.807) is 30.3 Å². The molecule has 1 amide bonds. The maximum Gasteiger partial charge on any atom is 0.243 e. The van der Waals surface area contributed by atoms with Crippen molar-refractivity contribution in [3.63, 3.8) is 0 Å². The summed E-state index contributed by atoms with van der Waals surface area (Å²) >= 11 is 1.66. The van der Waals surface area contributed by atoms with E-state index in [9.17, 15) is 4.79 Å². The van der Waals surface area contributed by atoms with Crippen LogP contribution in [-0.4, -0.2) is 48.4 Å². The number of carbonyl (C=O) groups excluding carboxylic acids is 1. The zero-order valence-corrected chi connectivity index (χ0v) is 20.3. The number of halogens is 1. The van der Waals surface area contributed by atoms with Gasteiger partial charge in [-0.1, -0.05) is 33.6 Å². The number of aliphatic imine (C=N–C) groups is 1. The Morgan fingerprint density at radius 2 is 2.07 bits per heavy atom. The first-order valence-electron chi connectivity index (χ1n) is 9.56. The lowest BCUT2D eigenvalue weighted by Gasteiger charge is -2.30. The summed E-state index contributed by atoms with van der Waals surface area (Å²) in [7, 11) is 3.51. The number of carbonyl (C=O) groups is 1. The second-order valence-electron chi connectivity index (χ2n) is 7.64. The summed E-state index contributed by atoms with van der Waals surface area (Å²) in [5.41, 5.74) is 1.13. The fraction of sp³-hybridized carbons (Fsp3) is 0.737. The number of aromatic nitrogens is 1. The largest absolute Gasteiger partial charge is 0.353 e. The molecule has 27 heavy (non-hydrogen) atoms. The molecule has 0 bridgehead atoms. The van der Waals surface area contributed by atoms with Gasteiger partial charge in [-0.25, -0.2) is 9.98 Å². The number of likely N-dealkylation sites (N-methyl/N-ethyl adjacent to an activating group) is 1. The third-order valence-electron chi connectivity index (χ3n) is 4.87. The average molecular weight is 507 g/mol. The molecule has 0 aromatic carbocycles. The minimum atomic E-state index is -0.000801. The Hall–Kier alpha value is -0.900. The van der Waals surface area contributed by atoms with E-state index in [1.165, 1.54) is 19.3 Å². The molecule has 2 N–H and O–H groups in total. The lowest BCUT2D eigenvalue weighted by atomic mass is 9.86. The molecule has 2 unspecified atom stereocenters. The molecule has 1 aromatic rings. The van der Waals surface area contributed by atoms with Crippen molar-refractivity contribution < 1.29 is 4.79 Å². The third-order valence-corrected chi connectivity index (χ3v) is 5.74. The van der Waals surface area contributed by atoms with Crippen LogP contribution in [0.4, 0.5) is 0 Å². The third kappa shape index (κ3) is 7.93. The van der Waals surface area contributed by atoms with Crippen LogP contribution < -0.4 is 10.6 Å². The predicted octanol–water partition coefficient (Wildman–Crippen LogP) is 3.59. The van der Waals surface area contributed by atoms with Crippen molar-refractivity contribution in [2.75, 3.05) is 20.6 Å². The Morgan fingerprint density at radius 1 is 1.37 bits per heavy atom. The Balaban J connectivity index is 0.00000364. The molecule has 0 aliphatic heterocycles. The molecule has 0 spiro atoms. The van der Waals surface area contributed by atoms with Gasteiger partial charge in [0.25, 0.3) is 0 Å². The Kier molecular flexibility index (Phi) is 10.6. The van der Waals surface area contributed by atoms with Crippen molar-refractivity contribution in [1.29, 1.82) is 0 Å². The number of amides is 1. The number of hydrogen-bond donors (Lipinski definition) is 2. The molecule has 6 nitrogen and oxygen atoms in total. The molecule has 1 aliphatic rings. The van der Waals surface area contributed by atoms with E-state index < -0.39 is 0 Å². The molecule has 8 heteroatoms. The first-order chi connectivity index (χ1) is 12.4. The molecule has 1 aromatic heterocycles. The SMILES string of the molecule is CC(C)c1csc(CNC(=NCC(=O)N(C)C)NC2CCCCC2C)n1.I. The molecule has 2 atom stereocenters. The summed E-state index contributed by atoms with van der Waals surface area (Å²) in [6.45, 7) is 7.37. The monoisotopic (exact) mass is 507 g/mol. The molecular weight excluding hydrogens is 473 g/mol. The molecule has 1 saturated carbocycles. The van der Waals surface area contributed by atoms with Crippen LogP contribution >= 0.6 is 35.3 Å². The fourth-order valence-electron chi connectivity index (χ4n) is 2.98. The van der Waals surface area contributed by atoms with Crippen molar-refractivity contribution in [3.8, 4) is 0 Å². The smallest absolute Gasteiger partial charge is 0.243 e. The maximum atomic E-state index is 11.9. The maximum absolute atomic E-state index is 11.9.